The van der Waals surface area contributed by atoms with Crippen molar-refractivity contribution in [3.8, 4) is 5.75 Å². The predicted molar refractivity (Wildman–Crippen MR) is 128 cm³/mol. The van der Waals surface area contributed by atoms with E-state index in [4.69, 9.17) is 21.3 Å². The number of fused-ring (bicyclic) bond motifs is 3. The third kappa shape index (κ3) is 4.98. The molecule has 172 valence electrons. The van der Waals surface area contributed by atoms with E-state index < -0.39 is 0 Å². The van der Waals surface area contributed by atoms with Gasteiger partial charge in [-0.05, 0) is 50.5 Å². The number of nitrogens with one attached hydrogen (secondary N) is 2. The normalized spacial score (nSPS) is 12.1. The highest BCUT2D eigenvalue weighted by molar-refractivity contribution is 6.20. The molecule has 0 aliphatic rings. The maximum atomic E-state index is 12.1. The van der Waals surface area contributed by atoms with Gasteiger partial charge in [0.25, 0.3) is 5.91 Å². The first-order valence-electron chi connectivity index (χ1n) is 10.7. The summed E-state index contributed by atoms with van der Waals surface area (Å²) >= 11 is 6.40. The van der Waals surface area contributed by atoms with Gasteiger partial charge in [-0.15, -0.1) is 21.8 Å². The molecule has 10 heteroatoms. The number of hydrogen-bond acceptors (Lipinski definition) is 7. The number of hydrogen-bond donors (Lipinski definition) is 2. The molecule has 1 unspecified atom stereocenters. The highest BCUT2D eigenvalue weighted by Gasteiger charge is 2.15. The number of halogens is 1. The van der Waals surface area contributed by atoms with E-state index in [0.717, 1.165) is 41.0 Å². The van der Waals surface area contributed by atoms with Crippen molar-refractivity contribution in [1.29, 1.82) is 0 Å². The Morgan fingerprint density at radius 1 is 1.27 bits per heavy atom. The molecule has 9 nitrogen and oxygen atoms in total. The van der Waals surface area contributed by atoms with Crippen LogP contribution >= 0.6 is 11.6 Å². The number of alkyl halides is 1. The third-order valence-corrected chi connectivity index (χ3v) is 5.77. The summed E-state index contributed by atoms with van der Waals surface area (Å²) in [6.07, 6.45) is 4.69. The van der Waals surface area contributed by atoms with Crippen molar-refractivity contribution < 1.29 is 9.53 Å². The number of rotatable bonds is 9. The van der Waals surface area contributed by atoms with Gasteiger partial charge < -0.3 is 15.4 Å². The minimum Gasteiger partial charge on any atom is -0.496 e. The minimum atomic E-state index is -0.178. The lowest BCUT2D eigenvalue weighted by atomic mass is 10.2. The predicted octanol–water partition coefficient (Wildman–Crippen LogP) is 3.53. The fourth-order valence-electron chi connectivity index (χ4n) is 3.68. The average Bonchev–Trinajstić information content (AvgIpc) is 3.22. The van der Waals surface area contributed by atoms with Crippen LogP contribution in [0.1, 0.15) is 34.6 Å². The number of amides is 1. The number of ether oxygens (including phenoxy) is 1. The van der Waals surface area contributed by atoms with Gasteiger partial charge in [0.1, 0.15) is 11.6 Å². The minimum absolute atomic E-state index is 0.177. The largest absolute Gasteiger partial charge is 0.496 e. The third-order valence-electron chi connectivity index (χ3n) is 5.40. The molecule has 0 aliphatic heterocycles. The van der Waals surface area contributed by atoms with Gasteiger partial charge in [-0.1, -0.05) is 0 Å². The van der Waals surface area contributed by atoms with Gasteiger partial charge >= 0.3 is 0 Å². The van der Waals surface area contributed by atoms with Crippen molar-refractivity contribution >= 4 is 40.0 Å². The van der Waals surface area contributed by atoms with Crippen LogP contribution in [0.15, 0.2) is 36.7 Å². The Morgan fingerprint density at radius 3 is 2.88 bits per heavy atom. The van der Waals surface area contributed by atoms with E-state index in [1.165, 1.54) is 6.20 Å². The zero-order chi connectivity index (χ0) is 23.4. The molecule has 1 atom stereocenters. The average molecular weight is 468 g/mol. The Labute approximate surface area is 196 Å². The number of benzene rings is 1. The number of aryl methyl sites for hydroxylation is 2. The van der Waals surface area contributed by atoms with E-state index in [0.29, 0.717) is 30.1 Å². The standard InChI is InChI=1S/C23H26ClN7O2/c1-14-10-18-19(11-20(14)33-3)31-15(2)29-30-22(31)21(28-18)26-9-5-7-17(24)13-27-23(32)16-6-4-8-25-12-16/h4,6,8,10-12,17H,5,7,9,13H2,1-3H3,(H,26,28)(H,27,32). The zero-order valence-electron chi connectivity index (χ0n) is 18.8. The number of anilines is 1. The lowest BCUT2D eigenvalue weighted by Crippen LogP contribution is -2.30. The van der Waals surface area contributed by atoms with Crippen LogP contribution in [0, 0.1) is 13.8 Å². The van der Waals surface area contributed by atoms with Crippen molar-refractivity contribution in [3.63, 3.8) is 0 Å². The second-order valence-electron chi connectivity index (χ2n) is 7.80. The Balaban J connectivity index is 1.37. The molecule has 0 saturated heterocycles. The van der Waals surface area contributed by atoms with Crippen molar-refractivity contribution in [2.75, 3.05) is 25.5 Å². The molecule has 0 bridgehead atoms. The molecule has 0 radical (unpaired) electrons. The van der Waals surface area contributed by atoms with E-state index in [-0.39, 0.29) is 11.3 Å². The number of aromatic nitrogens is 5. The topological polar surface area (TPSA) is 106 Å². The highest BCUT2D eigenvalue weighted by atomic mass is 35.5. The van der Waals surface area contributed by atoms with E-state index in [9.17, 15) is 4.79 Å². The van der Waals surface area contributed by atoms with Crippen LogP contribution < -0.4 is 15.4 Å². The van der Waals surface area contributed by atoms with Gasteiger partial charge in [-0.25, -0.2) is 4.98 Å². The van der Waals surface area contributed by atoms with Crippen LogP contribution in [0.2, 0.25) is 0 Å². The molecule has 0 fully saturated rings. The number of nitrogens with zero attached hydrogens (tertiary/aromatic N) is 5. The molecule has 33 heavy (non-hydrogen) atoms. The summed E-state index contributed by atoms with van der Waals surface area (Å²) < 4.78 is 7.45. The highest BCUT2D eigenvalue weighted by Crippen LogP contribution is 2.28. The van der Waals surface area contributed by atoms with Crippen LogP contribution in [-0.4, -0.2) is 56.0 Å². The maximum absolute atomic E-state index is 12.1. The van der Waals surface area contributed by atoms with Gasteiger partial charge in [0.2, 0.25) is 5.65 Å². The van der Waals surface area contributed by atoms with Crippen LogP contribution in [0.5, 0.6) is 5.75 Å². The SMILES string of the molecule is COc1cc2c(cc1C)nc(NCCCC(Cl)CNC(=O)c1cccnc1)c1nnc(C)n12. The fourth-order valence-corrected chi connectivity index (χ4v) is 3.91. The second kappa shape index (κ2) is 9.99. The monoisotopic (exact) mass is 467 g/mol. The first-order chi connectivity index (χ1) is 16.0. The number of carbonyl (C=O) groups excluding carboxylic acids is 1. The van der Waals surface area contributed by atoms with E-state index in [1.807, 2.05) is 30.4 Å². The summed E-state index contributed by atoms with van der Waals surface area (Å²) in [6.45, 7) is 4.95. The zero-order valence-corrected chi connectivity index (χ0v) is 19.6. The first kappa shape index (κ1) is 22.7. The summed E-state index contributed by atoms with van der Waals surface area (Å²) in [5.41, 5.74) is 3.92. The number of pyridine rings is 1. The molecular formula is C23H26ClN7O2. The summed E-state index contributed by atoms with van der Waals surface area (Å²) in [7, 11) is 1.65. The van der Waals surface area contributed by atoms with E-state index in [1.54, 1.807) is 25.4 Å². The molecule has 4 aromatic rings. The lowest BCUT2D eigenvalue weighted by Gasteiger charge is -2.13. The fraction of sp³-hybridized carbons (Fsp3) is 0.348. The van der Waals surface area contributed by atoms with Crippen LogP contribution in [0.4, 0.5) is 5.82 Å². The van der Waals surface area contributed by atoms with Gasteiger partial charge in [-0.2, -0.15) is 0 Å². The molecule has 1 amide bonds. The van der Waals surface area contributed by atoms with Crippen LogP contribution in [0.3, 0.4) is 0 Å². The summed E-state index contributed by atoms with van der Waals surface area (Å²) in [6, 6.07) is 7.41. The Morgan fingerprint density at radius 2 is 2.12 bits per heavy atom. The van der Waals surface area contributed by atoms with Gasteiger partial charge in [0.05, 0.1) is 29.1 Å². The smallest absolute Gasteiger partial charge is 0.252 e. The molecule has 4 rings (SSSR count). The van der Waals surface area contributed by atoms with Crippen LogP contribution in [-0.2, 0) is 0 Å². The summed E-state index contributed by atoms with van der Waals surface area (Å²) in [4.78, 5) is 20.8. The maximum Gasteiger partial charge on any atom is 0.252 e. The molecule has 2 N–H and O–H groups in total. The summed E-state index contributed by atoms with van der Waals surface area (Å²) in [5, 5.41) is 14.6. The molecular weight excluding hydrogens is 442 g/mol. The lowest BCUT2D eigenvalue weighted by molar-refractivity contribution is 0.0953. The molecule has 0 aliphatic carbocycles. The van der Waals surface area contributed by atoms with Crippen molar-refractivity contribution in [1.82, 2.24) is 29.9 Å². The molecule has 3 aromatic heterocycles. The summed E-state index contributed by atoms with van der Waals surface area (Å²) in [5.74, 6) is 2.06. The molecule has 0 saturated carbocycles. The van der Waals surface area contributed by atoms with E-state index >= 15 is 0 Å². The molecule has 0 spiro atoms. The molecule has 3 heterocycles. The number of methoxy groups -OCH3 is 1. The van der Waals surface area contributed by atoms with Gasteiger partial charge in [-0.3, -0.25) is 14.2 Å². The van der Waals surface area contributed by atoms with Crippen LogP contribution in [0.25, 0.3) is 16.7 Å². The van der Waals surface area contributed by atoms with Crippen molar-refractivity contribution in [3.05, 3.63) is 53.6 Å². The Kier molecular flexibility index (Phi) is 6.88. The van der Waals surface area contributed by atoms with Gasteiger partial charge in [0.15, 0.2) is 5.82 Å². The first-order valence-corrected chi connectivity index (χ1v) is 11.2. The van der Waals surface area contributed by atoms with Crippen molar-refractivity contribution in [2.45, 2.75) is 32.1 Å². The molecule has 1 aromatic carbocycles. The van der Waals surface area contributed by atoms with E-state index in [2.05, 4.69) is 25.8 Å². The van der Waals surface area contributed by atoms with Gasteiger partial charge in [0, 0.05) is 31.5 Å². The number of carbonyl (C=O) groups is 1. The Bertz CT molecular complexity index is 1280. The Hall–Kier alpha value is -3.46. The quantitative estimate of drug-likeness (QED) is 0.286. The second-order valence-corrected chi connectivity index (χ2v) is 8.41. The van der Waals surface area contributed by atoms with Crippen molar-refractivity contribution in [2.24, 2.45) is 0 Å².